The minimum Gasteiger partial charge on any atom is -0.478 e. The molecule has 9 nitrogen and oxygen atoms in total. The first-order chi connectivity index (χ1) is 13.5. The minimum absolute atomic E-state index is 0.0392. The van der Waals surface area contributed by atoms with Crippen molar-refractivity contribution in [3.63, 3.8) is 0 Å². The van der Waals surface area contributed by atoms with Gasteiger partial charge in [0.25, 0.3) is 0 Å². The van der Waals surface area contributed by atoms with Crippen LogP contribution in [0.1, 0.15) is 36.5 Å². The lowest BCUT2D eigenvalue weighted by molar-refractivity contribution is -0.114. The van der Waals surface area contributed by atoms with E-state index in [0.29, 0.717) is 28.6 Å². The van der Waals surface area contributed by atoms with Gasteiger partial charge in [-0.15, -0.1) is 10.2 Å². The molecule has 0 radical (unpaired) electrons. The number of carboxylic acids is 1. The third-order valence-electron chi connectivity index (χ3n) is 5.19. The molecule has 1 aromatic heterocycles. The fraction of sp³-hybridized carbons (Fsp3) is 0.444. The maximum Gasteiger partial charge on any atom is 0.337 e. The molecule has 2 fully saturated rings. The van der Waals surface area contributed by atoms with Crippen molar-refractivity contribution in [3.05, 3.63) is 23.8 Å². The van der Waals surface area contributed by atoms with Gasteiger partial charge in [0, 0.05) is 31.1 Å². The van der Waals surface area contributed by atoms with Crippen LogP contribution in [0, 0.1) is 5.92 Å². The third-order valence-corrected chi connectivity index (χ3v) is 6.10. The highest BCUT2D eigenvalue weighted by Gasteiger charge is 2.34. The highest BCUT2D eigenvalue weighted by Crippen LogP contribution is 2.33. The second kappa shape index (κ2) is 7.82. The number of nitrogens with one attached hydrogen (secondary N) is 4. The number of anilines is 2. The average Bonchev–Trinajstić information content (AvgIpc) is 3.30. The van der Waals surface area contributed by atoms with E-state index in [4.69, 9.17) is 0 Å². The van der Waals surface area contributed by atoms with Gasteiger partial charge in [-0.3, -0.25) is 15.6 Å². The zero-order valence-electron chi connectivity index (χ0n) is 15.4. The van der Waals surface area contributed by atoms with Crippen LogP contribution >= 0.6 is 11.3 Å². The van der Waals surface area contributed by atoms with E-state index in [0.717, 1.165) is 30.9 Å². The largest absolute Gasteiger partial charge is 0.478 e. The maximum atomic E-state index is 11.4. The van der Waals surface area contributed by atoms with E-state index in [2.05, 4.69) is 31.7 Å². The Kier molecular flexibility index (Phi) is 5.25. The number of amides is 1. The van der Waals surface area contributed by atoms with Crippen molar-refractivity contribution in [1.29, 1.82) is 0 Å². The van der Waals surface area contributed by atoms with Gasteiger partial charge in [-0.1, -0.05) is 17.4 Å². The molecule has 2 aliphatic rings. The number of rotatable bonds is 5. The van der Waals surface area contributed by atoms with Gasteiger partial charge in [-0.05, 0) is 37.3 Å². The third kappa shape index (κ3) is 3.98. The fourth-order valence-corrected chi connectivity index (χ4v) is 4.68. The van der Waals surface area contributed by atoms with Crippen LogP contribution in [0.15, 0.2) is 18.2 Å². The van der Waals surface area contributed by atoms with E-state index in [1.807, 2.05) is 0 Å². The number of aromatic nitrogens is 2. The highest BCUT2D eigenvalue weighted by molar-refractivity contribution is 7.18. The maximum absolute atomic E-state index is 11.4. The molecule has 5 N–H and O–H groups in total. The number of hydrogen-bond acceptors (Lipinski definition) is 8. The molecule has 1 saturated heterocycles. The summed E-state index contributed by atoms with van der Waals surface area (Å²) >= 11 is 1.42. The van der Waals surface area contributed by atoms with E-state index in [-0.39, 0.29) is 17.2 Å². The molecule has 3 unspecified atom stereocenters. The number of carbonyl (C=O) groups excluding carboxylic acids is 1. The van der Waals surface area contributed by atoms with E-state index >= 15 is 0 Å². The zero-order valence-corrected chi connectivity index (χ0v) is 16.2. The van der Waals surface area contributed by atoms with Crippen LogP contribution in [0.3, 0.4) is 0 Å². The molecule has 4 rings (SSSR count). The summed E-state index contributed by atoms with van der Waals surface area (Å²) in [5, 5.41) is 25.2. The van der Waals surface area contributed by atoms with Crippen LogP contribution < -0.4 is 21.5 Å². The number of carboxylic acid groups (broad SMARTS) is 1. The fourth-order valence-electron chi connectivity index (χ4n) is 3.86. The van der Waals surface area contributed by atoms with Crippen molar-refractivity contribution in [3.8, 4) is 10.6 Å². The van der Waals surface area contributed by atoms with Gasteiger partial charge in [-0.25, -0.2) is 4.79 Å². The van der Waals surface area contributed by atoms with Crippen LogP contribution in [-0.2, 0) is 4.79 Å². The van der Waals surface area contributed by atoms with E-state index in [1.54, 1.807) is 12.1 Å². The first-order valence-electron chi connectivity index (χ1n) is 9.23. The number of carbonyl (C=O) groups is 2. The second-order valence-electron chi connectivity index (χ2n) is 7.21. The van der Waals surface area contributed by atoms with Gasteiger partial charge in [0.05, 0.1) is 11.3 Å². The zero-order chi connectivity index (χ0) is 19.7. The van der Waals surface area contributed by atoms with Crippen molar-refractivity contribution in [2.45, 2.75) is 38.3 Å². The normalized spacial score (nSPS) is 23.8. The molecule has 28 heavy (non-hydrogen) atoms. The summed E-state index contributed by atoms with van der Waals surface area (Å²) in [6.45, 7) is 2.33. The lowest BCUT2D eigenvalue weighted by Gasteiger charge is -2.30. The lowest BCUT2D eigenvalue weighted by atomic mass is 9.83. The molecule has 10 heteroatoms. The van der Waals surface area contributed by atoms with Crippen molar-refractivity contribution in [2.75, 3.05) is 17.2 Å². The molecule has 1 amide bonds. The molecule has 1 aliphatic heterocycles. The molecule has 148 valence electrons. The summed E-state index contributed by atoms with van der Waals surface area (Å²) in [5.41, 5.74) is 7.56. The highest BCUT2D eigenvalue weighted by atomic mass is 32.1. The number of benzene rings is 1. The molecule has 1 saturated carbocycles. The van der Waals surface area contributed by atoms with Gasteiger partial charge in [0.1, 0.15) is 5.01 Å². The van der Waals surface area contributed by atoms with Crippen molar-refractivity contribution in [2.24, 2.45) is 5.92 Å². The topological polar surface area (TPSA) is 128 Å². The van der Waals surface area contributed by atoms with Crippen molar-refractivity contribution in [1.82, 2.24) is 21.0 Å². The Bertz CT molecular complexity index is 901. The molecular formula is C18H22N6O3S. The summed E-state index contributed by atoms with van der Waals surface area (Å²) in [6.07, 6.45) is 3.28. The summed E-state index contributed by atoms with van der Waals surface area (Å²) in [7, 11) is 0. The number of nitrogens with zero attached hydrogens (tertiary/aromatic N) is 2. The molecule has 3 atom stereocenters. The summed E-state index contributed by atoms with van der Waals surface area (Å²) in [4.78, 5) is 22.8. The molecule has 2 aromatic rings. The van der Waals surface area contributed by atoms with Gasteiger partial charge in [-0.2, -0.15) is 0 Å². The van der Waals surface area contributed by atoms with Gasteiger partial charge < -0.3 is 15.7 Å². The van der Waals surface area contributed by atoms with E-state index < -0.39 is 5.97 Å². The molecule has 2 heterocycles. The van der Waals surface area contributed by atoms with Gasteiger partial charge in [0.2, 0.25) is 11.0 Å². The molecular weight excluding hydrogens is 380 g/mol. The average molecular weight is 402 g/mol. The number of fused-ring (bicyclic) bond motifs is 1. The lowest BCUT2D eigenvalue weighted by Crippen LogP contribution is -2.39. The smallest absolute Gasteiger partial charge is 0.337 e. The number of hydrazine groups is 1. The van der Waals surface area contributed by atoms with Crippen LogP contribution in [-0.4, -0.2) is 45.8 Å². The quantitative estimate of drug-likeness (QED) is 0.513. The standard InChI is InChI=1S/C18H22N6O3S/c1-9(25)20-15-7-10(2-4-13(15)17(26)27)16-23-24-18(28-16)21-12-3-5-14-11(6-12)8-19-22-14/h2,4,7,11-12,14,19,22H,3,5-6,8H2,1H3,(H,20,25)(H,21,24)(H,26,27). The van der Waals surface area contributed by atoms with Crippen LogP contribution in [0.4, 0.5) is 10.8 Å². The number of hydrogen-bond donors (Lipinski definition) is 5. The Morgan fingerprint density at radius 3 is 2.93 bits per heavy atom. The van der Waals surface area contributed by atoms with Crippen LogP contribution in [0.25, 0.3) is 10.6 Å². The first kappa shape index (κ1) is 18.8. The first-order valence-corrected chi connectivity index (χ1v) is 10.0. The Labute approximate surface area is 165 Å². The Morgan fingerprint density at radius 1 is 1.29 bits per heavy atom. The summed E-state index contributed by atoms with van der Waals surface area (Å²) in [6, 6.07) is 5.70. The molecule has 1 aromatic carbocycles. The van der Waals surface area contributed by atoms with Gasteiger partial charge in [0.15, 0.2) is 0 Å². The number of aromatic carboxylic acids is 1. The predicted octanol–water partition coefficient (Wildman–Crippen LogP) is 1.92. The van der Waals surface area contributed by atoms with Crippen LogP contribution in [0.5, 0.6) is 0 Å². The predicted molar refractivity (Wildman–Crippen MR) is 106 cm³/mol. The Hall–Kier alpha value is -2.56. The van der Waals surface area contributed by atoms with Gasteiger partial charge >= 0.3 is 5.97 Å². The van der Waals surface area contributed by atoms with E-state index in [1.165, 1.54) is 24.3 Å². The minimum atomic E-state index is -1.10. The monoisotopic (exact) mass is 402 g/mol. The summed E-state index contributed by atoms with van der Waals surface area (Å²) in [5.74, 6) is -0.797. The SMILES string of the molecule is CC(=O)Nc1cc(-c2nnc(NC3CCC4NNCC4C3)s2)ccc1C(=O)O. The molecule has 0 spiro atoms. The van der Waals surface area contributed by atoms with Crippen molar-refractivity contribution < 1.29 is 14.7 Å². The molecule has 1 aliphatic carbocycles. The molecule has 0 bridgehead atoms. The van der Waals surface area contributed by atoms with Crippen molar-refractivity contribution >= 4 is 34.0 Å². The van der Waals surface area contributed by atoms with Crippen LogP contribution in [0.2, 0.25) is 0 Å². The van der Waals surface area contributed by atoms with E-state index in [9.17, 15) is 14.7 Å². The Morgan fingerprint density at radius 2 is 2.14 bits per heavy atom. The summed E-state index contributed by atoms with van der Waals surface area (Å²) < 4.78 is 0. The Balaban J connectivity index is 1.49. The second-order valence-corrected chi connectivity index (χ2v) is 8.18.